The van der Waals surface area contributed by atoms with E-state index in [9.17, 15) is 9.59 Å². The van der Waals surface area contributed by atoms with Crippen LogP contribution >= 0.6 is 0 Å². The van der Waals surface area contributed by atoms with Gasteiger partial charge in [-0.1, -0.05) is 6.07 Å². The van der Waals surface area contributed by atoms with Crippen LogP contribution in [0.4, 0.5) is 0 Å². The molecule has 2 aliphatic heterocycles. The Morgan fingerprint density at radius 3 is 3.00 bits per heavy atom. The molecule has 1 N–H and O–H groups in total. The predicted octanol–water partition coefficient (Wildman–Crippen LogP) is 1.30. The number of piperazine rings is 1. The van der Waals surface area contributed by atoms with E-state index in [-0.39, 0.29) is 29.8 Å². The van der Waals surface area contributed by atoms with Crippen LogP contribution in [0.5, 0.6) is 11.5 Å². The molecule has 6 heteroatoms. The van der Waals surface area contributed by atoms with Gasteiger partial charge in [0.2, 0.25) is 11.8 Å². The van der Waals surface area contributed by atoms with Crippen molar-refractivity contribution in [1.29, 1.82) is 0 Å². The van der Waals surface area contributed by atoms with Gasteiger partial charge < -0.3 is 19.7 Å². The summed E-state index contributed by atoms with van der Waals surface area (Å²) in [6, 6.07) is 5.68. The van der Waals surface area contributed by atoms with Crippen molar-refractivity contribution < 1.29 is 19.1 Å². The second-order valence-electron chi connectivity index (χ2n) is 6.68. The van der Waals surface area contributed by atoms with E-state index in [0.29, 0.717) is 19.6 Å². The molecule has 1 aromatic carbocycles. The number of rotatable bonds is 3. The van der Waals surface area contributed by atoms with Gasteiger partial charge in [-0.15, -0.1) is 0 Å². The lowest BCUT2D eigenvalue weighted by Gasteiger charge is -2.42. The molecule has 0 aromatic heterocycles. The van der Waals surface area contributed by atoms with Crippen LogP contribution in [0.3, 0.4) is 0 Å². The maximum Gasteiger partial charge on any atom is 0.239 e. The summed E-state index contributed by atoms with van der Waals surface area (Å²) in [5.41, 5.74) is 0.658. The lowest BCUT2D eigenvalue weighted by molar-refractivity contribution is -0.145. The number of hydrogen-bond donors (Lipinski definition) is 1. The molecule has 6 nitrogen and oxygen atoms in total. The summed E-state index contributed by atoms with van der Waals surface area (Å²) >= 11 is 0. The summed E-state index contributed by atoms with van der Waals surface area (Å²) in [5, 5.41) is 2.81. The molecule has 2 heterocycles. The maximum absolute atomic E-state index is 12.7. The van der Waals surface area contributed by atoms with Crippen LogP contribution in [-0.4, -0.2) is 49.1 Å². The van der Waals surface area contributed by atoms with Crippen molar-refractivity contribution in [2.45, 2.75) is 31.7 Å². The van der Waals surface area contributed by atoms with Gasteiger partial charge in [0.15, 0.2) is 0 Å². The van der Waals surface area contributed by atoms with Gasteiger partial charge in [0.05, 0.1) is 19.3 Å². The Morgan fingerprint density at radius 1 is 1.48 bits per heavy atom. The van der Waals surface area contributed by atoms with E-state index in [4.69, 9.17) is 9.47 Å². The standard InChI is InChI=1S/C17H22N2O4/c1-17(2)10-18-15(20)8-19(17)16(21)6-11-9-23-14-7-12(22-3)4-5-13(11)14/h4-5,7,11H,6,8-10H2,1-3H3,(H,18,20). The minimum Gasteiger partial charge on any atom is -0.497 e. The second-order valence-corrected chi connectivity index (χ2v) is 6.68. The number of benzene rings is 1. The highest BCUT2D eigenvalue weighted by Gasteiger charge is 2.38. The van der Waals surface area contributed by atoms with E-state index in [1.165, 1.54) is 0 Å². The lowest BCUT2D eigenvalue weighted by atomic mass is 9.94. The summed E-state index contributed by atoms with van der Waals surface area (Å²) < 4.78 is 10.9. The summed E-state index contributed by atoms with van der Waals surface area (Å²) in [7, 11) is 1.61. The molecule has 1 saturated heterocycles. The van der Waals surface area contributed by atoms with E-state index in [0.717, 1.165) is 17.1 Å². The van der Waals surface area contributed by atoms with Gasteiger partial charge in [0.25, 0.3) is 0 Å². The van der Waals surface area contributed by atoms with Crippen molar-refractivity contribution in [3.8, 4) is 11.5 Å². The monoisotopic (exact) mass is 318 g/mol. The molecule has 0 spiro atoms. The van der Waals surface area contributed by atoms with E-state index in [2.05, 4.69) is 5.32 Å². The third-order valence-corrected chi connectivity index (χ3v) is 4.57. The molecule has 0 aliphatic carbocycles. The zero-order chi connectivity index (χ0) is 16.6. The zero-order valence-electron chi connectivity index (χ0n) is 13.7. The molecular weight excluding hydrogens is 296 g/mol. The number of amides is 2. The number of nitrogens with one attached hydrogen (secondary N) is 1. The molecule has 1 unspecified atom stereocenters. The minimum atomic E-state index is -0.368. The second kappa shape index (κ2) is 5.76. The van der Waals surface area contributed by atoms with Gasteiger partial charge in [-0.05, 0) is 19.9 Å². The maximum atomic E-state index is 12.7. The fourth-order valence-corrected chi connectivity index (χ4v) is 3.12. The molecule has 0 bridgehead atoms. The first-order valence-electron chi connectivity index (χ1n) is 7.78. The number of ether oxygens (including phenoxy) is 2. The Hall–Kier alpha value is -2.24. The van der Waals surface area contributed by atoms with Crippen molar-refractivity contribution in [1.82, 2.24) is 10.2 Å². The predicted molar refractivity (Wildman–Crippen MR) is 84.6 cm³/mol. The van der Waals surface area contributed by atoms with Gasteiger partial charge in [-0.25, -0.2) is 0 Å². The summed E-state index contributed by atoms with van der Waals surface area (Å²) in [5.74, 6) is 1.42. The molecule has 2 aliphatic rings. The third-order valence-electron chi connectivity index (χ3n) is 4.57. The highest BCUT2D eigenvalue weighted by molar-refractivity contribution is 5.87. The first-order valence-corrected chi connectivity index (χ1v) is 7.78. The fraction of sp³-hybridized carbons (Fsp3) is 0.529. The number of methoxy groups -OCH3 is 1. The van der Waals surface area contributed by atoms with Crippen LogP contribution in [0.25, 0.3) is 0 Å². The number of carbonyl (C=O) groups is 2. The highest BCUT2D eigenvalue weighted by Crippen LogP contribution is 2.38. The number of fused-ring (bicyclic) bond motifs is 1. The Bertz CT molecular complexity index is 641. The zero-order valence-corrected chi connectivity index (χ0v) is 13.7. The largest absolute Gasteiger partial charge is 0.497 e. The van der Waals surface area contributed by atoms with Gasteiger partial charge in [0.1, 0.15) is 18.0 Å². The summed E-state index contributed by atoms with van der Waals surface area (Å²) in [6.07, 6.45) is 0.343. The lowest BCUT2D eigenvalue weighted by Crippen LogP contribution is -2.62. The first kappa shape index (κ1) is 15.6. The van der Waals surface area contributed by atoms with Gasteiger partial charge in [0, 0.05) is 30.5 Å². The van der Waals surface area contributed by atoms with Crippen molar-refractivity contribution in [3.05, 3.63) is 23.8 Å². The topological polar surface area (TPSA) is 67.9 Å². The highest BCUT2D eigenvalue weighted by atomic mass is 16.5. The normalized spacial score (nSPS) is 22.1. The number of carbonyl (C=O) groups excluding carboxylic acids is 2. The smallest absolute Gasteiger partial charge is 0.239 e. The molecule has 1 atom stereocenters. The van der Waals surface area contributed by atoms with E-state index >= 15 is 0 Å². The van der Waals surface area contributed by atoms with Gasteiger partial charge in [-0.3, -0.25) is 9.59 Å². The Kier molecular flexibility index (Phi) is 3.92. The van der Waals surface area contributed by atoms with Gasteiger partial charge >= 0.3 is 0 Å². The number of nitrogens with zero attached hydrogens (tertiary/aromatic N) is 1. The summed E-state index contributed by atoms with van der Waals surface area (Å²) in [4.78, 5) is 26.0. The molecule has 1 aromatic rings. The van der Waals surface area contributed by atoms with E-state index in [1.807, 2.05) is 32.0 Å². The van der Waals surface area contributed by atoms with Gasteiger partial charge in [-0.2, -0.15) is 0 Å². The molecule has 1 fully saturated rings. The van der Waals surface area contributed by atoms with Crippen LogP contribution in [0, 0.1) is 0 Å². The Labute approximate surface area is 135 Å². The molecule has 23 heavy (non-hydrogen) atoms. The van der Waals surface area contributed by atoms with Crippen molar-refractivity contribution in [3.63, 3.8) is 0 Å². The van der Waals surface area contributed by atoms with Crippen LogP contribution in [0.1, 0.15) is 31.7 Å². The van der Waals surface area contributed by atoms with Crippen LogP contribution < -0.4 is 14.8 Å². The fourth-order valence-electron chi connectivity index (χ4n) is 3.12. The summed E-state index contributed by atoms with van der Waals surface area (Å²) in [6.45, 7) is 5.01. The SMILES string of the molecule is COc1ccc2c(c1)OCC2CC(=O)N1CC(=O)NCC1(C)C. The number of hydrogen-bond acceptors (Lipinski definition) is 4. The molecule has 2 amide bonds. The average Bonchev–Trinajstić information content (AvgIpc) is 2.91. The first-order chi connectivity index (χ1) is 10.9. The molecule has 124 valence electrons. The van der Waals surface area contributed by atoms with E-state index < -0.39 is 0 Å². The van der Waals surface area contributed by atoms with Crippen LogP contribution in [-0.2, 0) is 9.59 Å². The molecule has 0 saturated carbocycles. The van der Waals surface area contributed by atoms with Crippen LogP contribution in [0.15, 0.2) is 18.2 Å². The minimum absolute atomic E-state index is 0.0119. The molecular formula is C17H22N2O4. The van der Waals surface area contributed by atoms with E-state index in [1.54, 1.807) is 12.0 Å². The third kappa shape index (κ3) is 2.98. The molecule has 0 radical (unpaired) electrons. The molecule has 3 rings (SSSR count). The van der Waals surface area contributed by atoms with Crippen molar-refractivity contribution >= 4 is 11.8 Å². The Morgan fingerprint density at radius 2 is 2.26 bits per heavy atom. The Balaban J connectivity index is 1.73. The van der Waals surface area contributed by atoms with Crippen molar-refractivity contribution in [2.24, 2.45) is 0 Å². The quantitative estimate of drug-likeness (QED) is 0.912. The van der Waals surface area contributed by atoms with Crippen molar-refractivity contribution in [2.75, 3.05) is 26.8 Å². The van der Waals surface area contributed by atoms with Crippen LogP contribution in [0.2, 0.25) is 0 Å². The average molecular weight is 318 g/mol.